The van der Waals surface area contributed by atoms with E-state index < -0.39 is 5.97 Å². The van der Waals surface area contributed by atoms with Gasteiger partial charge in [-0.2, -0.15) is 0 Å². The molecule has 2 aromatic rings. The second-order valence-electron chi connectivity index (χ2n) is 5.00. The van der Waals surface area contributed by atoms with E-state index >= 15 is 0 Å². The fraction of sp³-hybridized carbons (Fsp3) is 0.222. The van der Waals surface area contributed by atoms with Crippen LogP contribution in [-0.4, -0.2) is 43.5 Å². The molecule has 0 atom stereocenters. The first-order chi connectivity index (χ1) is 11.6. The average Bonchev–Trinajstić information content (AvgIpc) is 2.61. The minimum Gasteiger partial charge on any atom is -0.497 e. The third-order valence-corrected chi connectivity index (χ3v) is 3.43. The molecule has 0 fully saturated rings. The van der Waals surface area contributed by atoms with Crippen LogP contribution in [0, 0.1) is 0 Å². The Kier molecular flexibility index (Phi) is 5.78. The summed E-state index contributed by atoms with van der Waals surface area (Å²) in [5.41, 5.74) is 1.56. The molecule has 1 N–H and O–H groups in total. The Morgan fingerprint density at radius 2 is 1.83 bits per heavy atom. The summed E-state index contributed by atoms with van der Waals surface area (Å²) in [5.74, 6) is 0.244. The average molecular weight is 330 g/mol. The SMILES string of the molecule is COC(=O)c1c(C=[N+](O)Cc2ccccc2)cc(OC)cc1OC. The van der Waals surface area contributed by atoms with Crippen molar-refractivity contribution < 1.29 is 29.0 Å². The van der Waals surface area contributed by atoms with Crippen molar-refractivity contribution in [3.63, 3.8) is 0 Å². The molecule has 0 amide bonds. The second-order valence-corrected chi connectivity index (χ2v) is 5.00. The molecule has 6 heteroatoms. The first-order valence-electron chi connectivity index (χ1n) is 7.27. The molecule has 0 saturated heterocycles. The molecule has 0 aliphatic carbocycles. The van der Waals surface area contributed by atoms with Crippen molar-refractivity contribution in [3.05, 3.63) is 59.2 Å². The lowest BCUT2D eigenvalue weighted by atomic mass is 10.1. The van der Waals surface area contributed by atoms with E-state index in [9.17, 15) is 10.0 Å². The van der Waals surface area contributed by atoms with Crippen LogP contribution in [0.4, 0.5) is 0 Å². The number of carbonyl (C=O) groups is 1. The van der Waals surface area contributed by atoms with E-state index in [1.807, 2.05) is 30.3 Å². The smallest absolute Gasteiger partial charge is 0.342 e. The largest absolute Gasteiger partial charge is 0.497 e. The van der Waals surface area contributed by atoms with E-state index in [1.165, 1.54) is 27.5 Å². The maximum Gasteiger partial charge on any atom is 0.342 e. The summed E-state index contributed by atoms with van der Waals surface area (Å²) >= 11 is 0. The highest BCUT2D eigenvalue weighted by atomic mass is 16.5. The molecular formula is C18H20NO5+. The lowest BCUT2D eigenvalue weighted by molar-refractivity contribution is -0.783. The molecule has 0 aromatic heterocycles. The van der Waals surface area contributed by atoms with Crippen LogP contribution in [-0.2, 0) is 11.3 Å². The van der Waals surface area contributed by atoms with Crippen molar-refractivity contribution in [2.45, 2.75) is 6.54 Å². The quantitative estimate of drug-likeness (QED) is 0.290. The number of ether oxygens (including phenoxy) is 3. The molecule has 0 saturated carbocycles. The molecule has 2 aromatic carbocycles. The van der Waals surface area contributed by atoms with E-state index in [-0.39, 0.29) is 12.1 Å². The molecule has 0 radical (unpaired) electrons. The van der Waals surface area contributed by atoms with Crippen LogP contribution in [0.25, 0.3) is 0 Å². The van der Waals surface area contributed by atoms with Gasteiger partial charge < -0.3 is 14.2 Å². The number of benzene rings is 2. The minimum absolute atomic E-state index is 0.216. The van der Waals surface area contributed by atoms with Gasteiger partial charge in [0.05, 0.1) is 26.9 Å². The molecule has 0 heterocycles. The van der Waals surface area contributed by atoms with Gasteiger partial charge in [0.2, 0.25) is 12.8 Å². The van der Waals surface area contributed by atoms with Crippen molar-refractivity contribution in [3.8, 4) is 11.5 Å². The van der Waals surface area contributed by atoms with Gasteiger partial charge in [-0.25, -0.2) is 4.79 Å². The highest BCUT2D eigenvalue weighted by molar-refractivity contribution is 6.01. The Labute approximate surface area is 140 Å². The molecule has 126 valence electrons. The van der Waals surface area contributed by atoms with Gasteiger partial charge in [-0.15, -0.1) is 0 Å². The first kappa shape index (κ1) is 17.3. The lowest BCUT2D eigenvalue weighted by Gasteiger charge is -2.11. The number of carbonyl (C=O) groups excluding carboxylic acids is 1. The summed E-state index contributed by atoms with van der Waals surface area (Å²) in [6.07, 6.45) is 1.43. The Morgan fingerprint density at radius 1 is 1.12 bits per heavy atom. The van der Waals surface area contributed by atoms with Gasteiger partial charge in [0.15, 0.2) is 0 Å². The molecule has 6 nitrogen and oxygen atoms in total. The Hall–Kier alpha value is -3.02. The molecule has 0 unspecified atom stereocenters. The van der Waals surface area contributed by atoms with Crippen LogP contribution in [0.1, 0.15) is 21.5 Å². The fourth-order valence-electron chi connectivity index (χ4n) is 2.29. The highest BCUT2D eigenvalue weighted by Crippen LogP contribution is 2.28. The molecule has 0 aliphatic heterocycles. The number of esters is 1. The maximum absolute atomic E-state index is 12.1. The van der Waals surface area contributed by atoms with Gasteiger partial charge in [0.1, 0.15) is 17.1 Å². The van der Waals surface area contributed by atoms with Gasteiger partial charge >= 0.3 is 5.97 Å². The van der Waals surface area contributed by atoms with Crippen LogP contribution >= 0.6 is 0 Å². The van der Waals surface area contributed by atoms with Gasteiger partial charge in [-0.05, 0) is 10.8 Å². The van der Waals surface area contributed by atoms with E-state index in [2.05, 4.69) is 0 Å². The van der Waals surface area contributed by atoms with Crippen molar-refractivity contribution in [1.29, 1.82) is 0 Å². The van der Waals surface area contributed by atoms with E-state index in [0.717, 1.165) is 10.3 Å². The number of nitrogens with zero attached hydrogens (tertiary/aromatic N) is 1. The summed E-state index contributed by atoms with van der Waals surface area (Å²) in [4.78, 5) is 12.1. The fourth-order valence-corrected chi connectivity index (χ4v) is 2.29. The third-order valence-electron chi connectivity index (χ3n) is 3.43. The summed E-state index contributed by atoms with van der Waals surface area (Å²) in [6.45, 7) is 0.265. The molecule has 0 aliphatic rings. The van der Waals surface area contributed by atoms with Gasteiger partial charge in [-0.3, -0.25) is 5.21 Å². The summed E-state index contributed by atoms with van der Waals surface area (Å²) < 4.78 is 16.3. The minimum atomic E-state index is -0.561. The number of rotatable bonds is 6. The van der Waals surface area contributed by atoms with E-state index in [1.54, 1.807) is 12.1 Å². The number of hydrogen-bond donors (Lipinski definition) is 1. The monoisotopic (exact) mass is 330 g/mol. The van der Waals surface area contributed by atoms with Crippen molar-refractivity contribution >= 4 is 12.2 Å². The summed E-state index contributed by atoms with van der Waals surface area (Å²) in [5, 5.41) is 10.2. The van der Waals surface area contributed by atoms with Gasteiger partial charge in [0.25, 0.3) is 0 Å². The summed E-state index contributed by atoms with van der Waals surface area (Å²) in [6, 6.07) is 12.7. The topological polar surface area (TPSA) is 68.0 Å². The Bertz CT molecular complexity index is 741. The third kappa shape index (κ3) is 4.04. The van der Waals surface area contributed by atoms with Crippen LogP contribution in [0.3, 0.4) is 0 Å². The normalized spacial score (nSPS) is 11.0. The number of hydroxylamine groups is 1. The molecule has 0 spiro atoms. The van der Waals surface area contributed by atoms with Gasteiger partial charge in [0, 0.05) is 11.6 Å². The number of methoxy groups -OCH3 is 3. The van der Waals surface area contributed by atoms with Crippen molar-refractivity contribution in [2.24, 2.45) is 0 Å². The predicted molar refractivity (Wildman–Crippen MR) is 88.2 cm³/mol. The van der Waals surface area contributed by atoms with Gasteiger partial charge in [-0.1, -0.05) is 30.3 Å². The van der Waals surface area contributed by atoms with Crippen molar-refractivity contribution in [2.75, 3.05) is 21.3 Å². The first-order valence-corrected chi connectivity index (χ1v) is 7.27. The zero-order chi connectivity index (χ0) is 17.5. The molecule has 0 bridgehead atoms. The Balaban J connectivity index is 2.46. The summed E-state index contributed by atoms with van der Waals surface area (Å²) in [7, 11) is 4.25. The zero-order valence-corrected chi connectivity index (χ0v) is 13.9. The van der Waals surface area contributed by atoms with E-state index in [0.29, 0.717) is 17.1 Å². The highest BCUT2D eigenvalue weighted by Gasteiger charge is 2.22. The zero-order valence-electron chi connectivity index (χ0n) is 13.9. The van der Waals surface area contributed by atoms with E-state index in [4.69, 9.17) is 14.2 Å². The number of hydrogen-bond acceptors (Lipinski definition) is 5. The van der Waals surface area contributed by atoms with Crippen LogP contribution in [0.15, 0.2) is 42.5 Å². The standard InChI is InChI=1S/C18H20NO5/c1-22-15-9-14(17(18(20)24-3)16(10-15)23-2)12-19(21)11-13-7-5-4-6-8-13/h4-10,12,21H,11H2,1-3H3/q+1. The molecule has 24 heavy (non-hydrogen) atoms. The maximum atomic E-state index is 12.1. The second kappa shape index (κ2) is 8.01. The Morgan fingerprint density at radius 3 is 2.42 bits per heavy atom. The molecular weight excluding hydrogens is 310 g/mol. The van der Waals surface area contributed by atoms with Crippen molar-refractivity contribution in [1.82, 2.24) is 0 Å². The lowest BCUT2D eigenvalue weighted by Crippen LogP contribution is -2.14. The van der Waals surface area contributed by atoms with Crippen LogP contribution in [0.5, 0.6) is 11.5 Å². The molecule has 2 rings (SSSR count). The predicted octanol–water partition coefficient (Wildman–Crippen LogP) is 2.51. The van der Waals surface area contributed by atoms with Crippen LogP contribution < -0.4 is 9.47 Å². The van der Waals surface area contributed by atoms with Crippen LogP contribution in [0.2, 0.25) is 0 Å².